The summed E-state index contributed by atoms with van der Waals surface area (Å²) in [6.45, 7) is 3.63. The molecule has 2 aromatic rings. The molecule has 0 aliphatic rings. The Labute approximate surface area is 199 Å². The van der Waals surface area contributed by atoms with E-state index in [0.717, 1.165) is 16.1 Å². The van der Waals surface area contributed by atoms with Gasteiger partial charge in [0.15, 0.2) is 0 Å². The molecule has 0 bridgehead atoms. The molecule has 2 rings (SSSR count). The zero-order valence-electron chi connectivity index (χ0n) is 18.2. The van der Waals surface area contributed by atoms with E-state index in [2.05, 4.69) is 5.32 Å². The van der Waals surface area contributed by atoms with Crippen molar-refractivity contribution in [2.75, 3.05) is 23.7 Å². The smallest absolute Gasteiger partial charge is 0.244 e. The molecular formula is C22H27Cl2N3O4S. The van der Waals surface area contributed by atoms with Gasteiger partial charge in [0.05, 0.1) is 22.0 Å². The Morgan fingerprint density at radius 1 is 1.03 bits per heavy atom. The number of benzene rings is 2. The van der Waals surface area contributed by atoms with Gasteiger partial charge in [-0.3, -0.25) is 13.9 Å². The van der Waals surface area contributed by atoms with E-state index in [0.29, 0.717) is 13.0 Å². The van der Waals surface area contributed by atoms with E-state index in [4.69, 9.17) is 23.2 Å². The van der Waals surface area contributed by atoms with Crippen molar-refractivity contribution in [2.45, 2.75) is 32.9 Å². The fraction of sp³-hybridized carbons (Fsp3) is 0.364. The van der Waals surface area contributed by atoms with Crippen LogP contribution in [0.5, 0.6) is 0 Å². The van der Waals surface area contributed by atoms with Crippen LogP contribution in [0.2, 0.25) is 10.0 Å². The molecule has 0 spiro atoms. The molecule has 10 heteroatoms. The average Bonchev–Trinajstić information content (AvgIpc) is 2.74. The number of nitrogens with one attached hydrogen (secondary N) is 1. The molecule has 0 fully saturated rings. The monoisotopic (exact) mass is 499 g/mol. The molecule has 2 amide bonds. The van der Waals surface area contributed by atoms with Crippen LogP contribution in [0.4, 0.5) is 5.69 Å². The Morgan fingerprint density at radius 3 is 2.25 bits per heavy atom. The molecule has 1 atom stereocenters. The number of carbonyl (C=O) groups excluding carboxylic acids is 2. The molecular weight excluding hydrogens is 473 g/mol. The summed E-state index contributed by atoms with van der Waals surface area (Å²) in [5.74, 6) is -0.834. The molecule has 0 radical (unpaired) electrons. The number of anilines is 1. The lowest BCUT2D eigenvalue weighted by molar-refractivity contribution is -0.140. The van der Waals surface area contributed by atoms with E-state index in [9.17, 15) is 18.0 Å². The average molecular weight is 500 g/mol. The predicted octanol–water partition coefficient (Wildman–Crippen LogP) is 3.70. The minimum Gasteiger partial charge on any atom is -0.355 e. The van der Waals surface area contributed by atoms with Crippen LogP contribution in [0.25, 0.3) is 0 Å². The number of nitrogens with zero attached hydrogens (tertiary/aromatic N) is 2. The maximum Gasteiger partial charge on any atom is 0.244 e. The molecule has 0 aromatic heterocycles. The van der Waals surface area contributed by atoms with E-state index in [1.54, 1.807) is 19.9 Å². The number of likely N-dealkylation sites (N-methyl/N-ethyl adjacent to an activating group) is 1. The first-order chi connectivity index (χ1) is 15.1. The minimum absolute atomic E-state index is 0.0257. The number of rotatable bonds is 10. The molecule has 1 N–H and O–H groups in total. The van der Waals surface area contributed by atoms with Crippen molar-refractivity contribution in [3.8, 4) is 0 Å². The van der Waals surface area contributed by atoms with Gasteiger partial charge in [-0.2, -0.15) is 0 Å². The van der Waals surface area contributed by atoms with E-state index in [-0.39, 0.29) is 28.2 Å². The van der Waals surface area contributed by atoms with Crippen molar-refractivity contribution >= 4 is 50.7 Å². The first-order valence-corrected chi connectivity index (χ1v) is 12.7. The van der Waals surface area contributed by atoms with E-state index < -0.39 is 28.5 Å². The molecule has 32 heavy (non-hydrogen) atoms. The van der Waals surface area contributed by atoms with Crippen molar-refractivity contribution in [3.63, 3.8) is 0 Å². The quantitative estimate of drug-likeness (QED) is 0.539. The summed E-state index contributed by atoms with van der Waals surface area (Å²) in [5, 5.41) is 2.94. The van der Waals surface area contributed by atoms with Crippen LogP contribution in [0.15, 0.2) is 48.5 Å². The zero-order valence-corrected chi connectivity index (χ0v) is 20.5. The van der Waals surface area contributed by atoms with Crippen molar-refractivity contribution in [1.29, 1.82) is 0 Å². The second kappa shape index (κ2) is 11.5. The third-order valence-corrected chi connectivity index (χ3v) is 6.75. The highest BCUT2D eigenvalue weighted by Crippen LogP contribution is 2.33. The van der Waals surface area contributed by atoms with Gasteiger partial charge in [0.1, 0.15) is 12.6 Å². The number of hydrogen-bond donors (Lipinski definition) is 1. The largest absolute Gasteiger partial charge is 0.355 e. The summed E-state index contributed by atoms with van der Waals surface area (Å²) in [6, 6.07) is 13.0. The predicted molar refractivity (Wildman–Crippen MR) is 128 cm³/mol. The number of halogens is 2. The lowest BCUT2D eigenvalue weighted by atomic mass is 10.1. The topological polar surface area (TPSA) is 86.8 Å². The molecule has 0 saturated heterocycles. The van der Waals surface area contributed by atoms with Crippen molar-refractivity contribution in [3.05, 3.63) is 64.1 Å². The van der Waals surface area contributed by atoms with Gasteiger partial charge in [-0.25, -0.2) is 8.42 Å². The van der Waals surface area contributed by atoms with Crippen LogP contribution in [0.3, 0.4) is 0 Å². The fourth-order valence-electron chi connectivity index (χ4n) is 3.27. The van der Waals surface area contributed by atoms with Crippen molar-refractivity contribution in [2.24, 2.45) is 0 Å². The molecule has 0 unspecified atom stereocenters. The van der Waals surface area contributed by atoms with E-state index in [1.165, 1.54) is 17.0 Å². The first kappa shape index (κ1) is 26.0. The van der Waals surface area contributed by atoms with Gasteiger partial charge < -0.3 is 10.2 Å². The van der Waals surface area contributed by atoms with E-state index >= 15 is 0 Å². The Kier molecular flexibility index (Phi) is 9.36. The lowest BCUT2D eigenvalue weighted by Gasteiger charge is -2.33. The zero-order chi connectivity index (χ0) is 23.9. The first-order valence-electron chi connectivity index (χ1n) is 10.1. The van der Waals surface area contributed by atoms with E-state index in [1.807, 2.05) is 30.3 Å². The summed E-state index contributed by atoms with van der Waals surface area (Å²) in [4.78, 5) is 27.5. The molecule has 0 heterocycles. The summed E-state index contributed by atoms with van der Waals surface area (Å²) in [7, 11) is -3.88. The molecule has 0 aliphatic heterocycles. The molecule has 0 saturated carbocycles. The highest BCUT2D eigenvalue weighted by atomic mass is 35.5. The summed E-state index contributed by atoms with van der Waals surface area (Å²) in [5.41, 5.74) is 0.913. The van der Waals surface area contributed by atoms with Crippen LogP contribution >= 0.6 is 23.2 Å². The van der Waals surface area contributed by atoms with Crippen molar-refractivity contribution < 1.29 is 18.0 Å². The second-order valence-corrected chi connectivity index (χ2v) is 9.86. The van der Waals surface area contributed by atoms with Crippen LogP contribution < -0.4 is 9.62 Å². The normalized spacial score (nSPS) is 12.2. The SMILES string of the molecule is CCNC(=O)[C@H](CC)N(Cc1ccccc1)C(=O)CN(c1cccc(Cl)c1Cl)S(C)(=O)=O. The van der Waals surface area contributed by atoms with Crippen LogP contribution in [0.1, 0.15) is 25.8 Å². The Balaban J connectivity index is 2.45. The number of sulfonamides is 1. The Hall–Kier alpha value is -2.29. The maximum atomic E-state index is 13.4. The minimum atomic E-state index is -3.88. The van der Waals surface area contributed by atoms with Crippen LogP contribution in [-0.4, -0.2) is 50.5 Å². The van der Waals surface area contributed by atoms with Gasteiger partial charge in [-0.15, -0.1) is 0 Å². The van der Waals surface area contributed by atoms with Gasteiger partial charge in [-0.05, 0) is 31.0 Å². The second-order valence-electron chi connectivity index (χ2n) is 7.17. The molecule has 2 aromatic carbocycles. The highest BCUT2D eigenvalue weighted by molar-refractivity contribution is 7.92. The molecule has 7 nitrogen and oxygen atoms in total. The number of hydrogen-bond acceptors (Lipinski definition) is 4. The van der Waals surface area contributed by atoms with Gasteiger partial charge in [0.25, 0.3) is 0 Å². The summed E-state index contributed by atoms with van der Waals surface area (Å²) >= 11 is 12.3. The maximum absolute atomic E-state index is 13.4. The van der Waals surface area contributed by atoms with Gasteiger partial charge >= 0.3 is 0 Å². The third-order valence-electron chi connectivity index (χ3n) is 4.81. The van der Waals surface area contributed by atoms with Gasteiger partial charge in [0, 0.05) is 13.1 Å². The Morgan fingerprint density at radius 2 is 1.69 bits per heavy atom. The van der Waals surface area contributed by atoms with Crippen LogP contribution in [0, 0.1) is 0 Å². The molecule has 174 valence electrons. The highest BCUT2D eigenvalue weighted by Gasteiger charge is 2.32. The lowest BCUT2D eigenvalue weighted by Crippen LogP contribution is -2.52. The standard InChI is InChI=1S/C22H27Cl2N3O4S/c1-4-18(22(29)25-5-2)26(14-16-10-7-6-8-11-16)20(28)15-27(32(3,30)31)19-13-9-12-17(23)21(19)24/h6-13,18H,4-5,14-15H2,1-3H3,(H,25,29)/t18-/m0/s1. The van der Waals surface area contributed by atoms with Crippen molar-refractivity contribution in [1.82, 2.24) is 10.2 Å². The van der Waals surface area contributed by atoms with Gasteiger partial charge in [-0.1, -0.05) is 66.5 Å². The fourth-order valence-corrected chi connectivity index (χ4v) is 4.57. The Bertz CT molecular complexity index is 1050. The summed E-state index contributed by atoms with van der Waals surface area (Å²) < 4.78 is 26.0. The van der Waals surface area contributed by atoms with Crippen LogP contribution in [-0.2, 0) is 26.2 Å². The van der Waals surface area contributed by atoms with Gasteiger partial charge in [0.2, 0.25) is 21.8 Å². The third kappa shape index (κ3) is 6.60. The summed E-state index contributed by atoms with van der Waals surface area (Å²) in [6.07, 6.45) is 1.35. The number of amides is 2. The molecule has 0 aliphatic carbocycles. The number of carbonyl (C=O) groups is 2.